The molecule has 0 aromatic carbocycles. The number of aromatic amines is 1. The molecule has 0 fully saturated rings. The Labute approximate surface area is 111 Å². The van der Waals surface area contributed by atoms with Crippen molar-refractivity contribution in [2.75, 3.05) is 5.32 Å². The van der Waals surface area contributed by atoms with Crippen LogP contribution in [0.5, 0.6) is 0 Å². The van der Waals surface area contributed by atoms with Crippen molar-refractivity contribution >= 4 is 11.6 Å². The fraction of sp³-hybridized carbons (Fsp3) is 0.273. The number of pyridine rings is 1. The maximum Gasteiger partial charge on any atom is 0.433 e. The van der Waals surface area contributed by atoms with Crippen molar-refractivity contribution in [2.24, 2.45) is 0 Å². The third kappa shape index (κ3) is 3.11. The molecule has 2 aromatic rings. The van der Waals surface area contributed by atoms with Crippen LogP contribution in [-0.2, 0) is 12.6 Å². The van der Waals surface area contributed by atoms with E-state index in [1.807, 2.05) is 6.92 Å². The van der Waals surface area contributed by atoms with Crippen LogP contribution in [0.1, 0.15) is 29.1 Å². The summed E-state index contributed by atoms with van der Waals surface area (Å²) in [5, 5.41) is 8.62. The molecular weight excluding hydrogens is 275 g/mol. The SMILES string of the molecule is CCc1nc(C(=O)Nc2ccc(C(F)(F)F)nc2)n[nH]1. The number of alkyl halides is 3. The van der Waals surface area contributed by atoms with E-state index >= 15 is 0 Å². The second-order valence-electron chi connectivity index (χ2n) is 3.84. The van der Waals surface area contributed by atoms with Gasteiger partial charge in [0.25, 0.3) is 5.91 Å². The molecule has 2 rings (SSSR count). The largest absolute Gasteiger partial charge is 0.433 e. The number of amides is 1. The van der Waals surface area contributed by atoms with Crippen molar-refractivity contribution < 1.29 is 18.0 Å². The van der Waals surface area contributed by atoms with Gasteiger partial charge in [0, 0.05) is 6.42 Å². The van der Waals surface area contributed by atoms with Crippen LogP contribution in [0.25, 0.3) is 0 Å². The molecule has 20 heavy (non-hydrogen) atoms. The van der Waals surface area contributed by atoms with E-state index in [0.29, 0.717) is 12.2 Å². The Bertz CT molecular complexity index is 605. The first-order valence-corrected chi connectivity index (χ1v) is 5.66. The molecule has 0 aliphatic rings. The fourth-order valence-electron chi connectivity index (χ4n) is 1.38. The number of nitrogens with one attached hydrogen (secondary N) is 2. The van der Waals surface area contributed by atoms with E-state index in [0.717, 1.165) is 18.3 Å². The predicted molar refractivity (Wildman–Crippen MR) is 63.0 cm³/mol. The van der Waals surface area contributed by atoms with Gasteiger partial charge in [0.1, 0.15) is 11.5 Å². The van der Waals surface area contributed by atoms with Crippen molar-refractivity contribution in [1.82, 2.24) is 20.2 Å². The second kappa shape index (κ2) is 5.27. The lowest BCUT2D eigenvalue weighted by Crippen LogP contribution is -2.15. The summed E-state index contributed by atoms with van der Waals surface area (Å²) in [5.74, 6) is -0.162. The van der Waals surface area contributed by atoms with Gasteiger partial charge in [-0.15, -0.1) is 5.10 Å². The van der Waals surface area contributed by atoms with E-state index in [1.165, 1.54) is 0 Å². The highest BCUT2D eigenvalue weighted by Gasteiger charge is 2.32. The fourth-order valence-corrected chi connectivity index (χ4v) is 1.38. The number of hydrogen-bond donors (Lipinski definition) is 2. The van der Waals surface area contributed by atoms with Crippen LogP contribution >= 0.6 is 0 Å². The zero-order valence-corrected chi connectivity index (χ0v) is 10.3. The molecule has 0 atom stereocenters. The molecule has 0 unspecified atom stereocenters. The number of carbonyl (C=O) groups excluding carboxylic acids is 1. The van der Waals surface area contributed by atoms with Gasteiger partial charge in [0.05, 0.1) is 11.9 Å². The van der Waals surface area contributed by atoms with Crippen molar-refractivity contribution in [2.45, 2.75) is 19.5 Å². The summed E-state index contributed by atoms with van der Waals surface area (Å²) < 4.78 is 36.9. The van der Waals surface area contributed by atoms with Gasteiger partial charge in [-0.2, -0.15) is 13.2 Å². The van der Waals surface area contributed by atoms with Crippen LogP contribution in [-0.4, -0.2) is 26.1 Å². The minimum Gasteiger partial charge on any atom is -0.318 e. The summed E-state index contributed by atoms with van der Waals surface area (Å²) >= 11 is 0. The molecule has 2 heterocycles. The third-order valence-electron chi connectivity index (χ3n) is 2.38. The Morgan fingerprint density at radius 2 is 2.15 bits per heavy atom. The number of H-pyrrole nitrogens is 1. The Morgan fingerprint density at radius 3 is 2.65 bits per heavy atom. The van der Waals surface area contributed by atoms with Gasteiger partial charge >= 0.3 is 6.18 Å². The number of rotatable bonds is 3. The average molecular weight is 285 g/mol. The number of anilines is 1. The first kappa shape index (κ1) is 14.0. The summed E-state index contributed by atoms with van der Waals surface area (Å²) in [6, 6.07) is 1.90. The van der Waals surface area contributed by atoms with Crippen LogP contribution in [0, 0.1) is 0 Å². The molecule has 0 bridgehead atoms. The molecular formula is C11H10F3N5O. The Hall–Kier alpha value is -2.45. The van der Waals surface area contributed by atoms with Gasteiger partial charge in [-0.25, -0.2) is 9.97 Å². The predicted octanol–water partition coefficient (Wildman–Crippen LogP) is 2.03. The van der Waals surface area contributed by atoms with E-state index in [-0.39, 0.29) is 11.5 Å². The van der Waals surface area contributed by atoms with E-state index in [2.05, 4.69) is 25.5 Å². The normalized spacial score (nSPS) is 11.4. The molecule has 106 valence electrons. The van der Waals surface area contributed by atoms with Gasteiger partial charge in [-0.3, -0.25) is 9.89 Å². The summed E-state index contributed by atoms with van der Waals surface area (Å²) in [7, 11) is 0. The lowest BCUT2D eigenvalue weighted by molar-refractivity contribution is -0.141. The highest BCUT2D eigenvalue weighted by atomic mass is 19.4. The molecule has 9 heteroatoms. The van der Waals surface area contributed by atoms with E-state index in [1.54, 1.807) is 0 Å². The number of halogens is 3. The van der Waals surface area contributed by atoms with Crippen molar-refractivity contribution in [1.29, 1.82) is 0 Å². The van der Waals surface area contributed by atoms with Crippen LogP contribution in [0.3, 0.4) is 0 Å². The van der Waals surface area contributed by atoms with Crippen LogP contribution < -0.4 is 5.32 Å². The van der Waals surface area contributed by atoms with Gasteiger partial charge in [0.15, 0.2) is 0 Å². The first-order chi connectivity index (χ1) is 9.40. The second-order valence-corrected chi connectivity index (χ2v) is 3.84. The van der Waals surface area contributed by atoms with Crippen LogP contribution in [0.2, 0.25) is 0 Å². The molecule has 0 spiro atoms. The lowest BCUT2D eigenvalue weighted by atomic mass is 10.3. The molecule has 2 N–H and O–H groups in total. The standard InChI is InChI=1S/C11H10F3N5O/c1-2-8-17-9(19-18-8)10(20)16-6-3-4-7(15-5-6)11(12,13)14/h3-5H,2H2,1H3,(H,16,20)(H,17,18,19). The van der Waals surface area contributed by atoms with Crippen molar-refractivity contribution in [3.8, 4) is 0 Å². The zero-order chi connectivity index (χ0) is 14.8. The number of carbonyl (C=O) groups is 1. The monoisotopic (exact) mass is 285 g/mol. The van der Waals surface area contributed by atoms with E-state index in [4.69, 9.17) is 0 Å². The number of aromatic nitrogens is 4. The molecule has 6 nitrogen and oxygen atoms in total. The van der Waals surface area contributed by atoms with Gasteiger partial charge < -0.3 is 5.32 Å². The van der Waals surface area contributed by atoms with Crippen molar-refractivity contribution in [3.63, 3.8) is 0 Å². The summed E-state index contributed by atoms with van der Waals surface area (Å²) in [6.07, 6.45) is -3.00. The molecule has 0 saturated heterocycles. The van der Waals surface area contributed by atoms with Crippen molar-refractivity contribution in [3.05, 3.63) is 35.7 Å². The topological polar surface area (TPSA) is 83.6 Å². The van der Waals surface area contributed by atoms with Gasteiger partial charge in [-0.1, -0.05) is 6.92 Å². The highest BCUT2D eigenvalue weighted by molar-refractivity contribution is 6.01. The zero-order valence-electron chi connectivity index (χ0n) is 10.3. The Morgan fingerprint density at radius 1 is 1.40 bits per heavy atom. The molecule has 0 aliphatic carbocycles. The maximum absolute atomic E-state index is 12.3. The minimum atomic E-state index is -4.51. The quantitative estimate of drug-likeness (QED) is 0.903. The molecule has 0 aliphatic heterocycles. The third-order valence-corrected chi connectivity index (χ3v) is 2.38. The molecule has 2 aromatic heterocycles. The first-order valence-electron chi connectivity index (χ1n) is 5.66. The molecule has 0 saturated carbocycles. The average Bonchev–Trinajstić information content (AvgIpc) is 2.87. The lowest BCUT2D eigenvalue weighted by Gasteiger charge is -2.06. The van der Waals surface area contributed by atoms with Gasteiger partial charge in [0.2, 0.25) is 5.82 Å². The summed E-state index contributed by atoms with van der Waals surface area (Å²) in [6.45, 7) is 1.84. The Kier molecular flexibility index (Phi) is 3.68. The van der Waals surface area contributed by atoms with Crippen LogP contribution in [0.15, 0.2) is 18.3 Å². The number of nitrogens with zero attached hydrogens (tertiary/aromatic N) is 3. The maximum atomic E-state index is 12.3. The highest BCUT2D eigenvalue weighted by Crippen LogP contribution is 2.27. The minimum absolute atomic E-state index is 0.0817. The molecule has 1 amide bonds. The smallest absolute Gasteiger partial charge is 0.318 e. The Balaban J connectivity index is 2.08. The number of hydrogen-bond acceptors (Lipinski definition) is 4. The van der Waals surface area contributed by atoms with E-state index < -0.39 is 17.8 Å². The number of aryl methyl sites for hydroxylation is 1. The van der Waals surface area contributed by atoms with Gasteiger partial charge in [-0.05, 0) is 12.1 Å². The summed E-state index contributed by atoms with van der Waals surface area (Å²) in [5.41, 5.74) is -0.896. The summed E-state index contributed by atoms with van der Waals surface area (Å²) in [4.78, 5) is 18.9. The molecule has 0 radical (unpaired) electrons. The van der Waals surface area contributed by atoms with E-state index in [9.17, 15) is 18.0 Å². The van der Waals surface area contributed by atoms with Crippen LogP contribution in [0.4, 0.5) is 18.9 Å².